The molecule has 0 aliphatic rings. The van der Waals surface area contributed by atoms with Crippen molar-refractivity contribution in [3.8, 4) is 11.5 Å². The van der Waals surface area contributed by atoms with Crippen molar-refractivity contribution in [1.82, 2.24) is 0 Å². The summed E-state index contributed by atoms with van der Waals surface area (Å²) in [6, 6.07) is 11.8. The molecule has 26 heavy (non-hydrogen) atoms. The van der Waals surface area contributed by atoms with Crippen LogP contribution in [0.4, 0.5) is 18.9 Å². The molecule has 2 rings (SSSR count). The molecule has 0 spiro atoms. The minimum Gasteiger partial charge on any atom is -0.497 e. The van der Waals surface area contributed by atoms with Gasteiger partial charge in [-0.2, -0.15) is 13.2 Å². The Morgan fingerprint density at radius 1 is 1.12 bits per heavy atom. The number of nitrogens with zero attached hydrogens (tertiary/aromatic N) is 1. The van der Waals surface area contributed by atoms with Crippen LogP contribution in [0.2, 0.25) is 0 Å². The molecule has 0 bridgehead atoms. The third-order valence-electron chi connectivity index (χ3n) is 3.17. The summed E-state index contributed by atoms with van der Waals surface area (Å²) in [5.74, 6) is 1.03. The number of methoxy groups -OCH3 is 1. The minimum absolute atomic E-state index is 0. The molecule has 0 unspecified atom stereocenters. The van der Waals surface area contributed by atoms with E-state index in [2.05, 4.69) is 10.3 Å². The maximum atomic E-state index is 12.6. The molecule has 0 atom stereocenters. The Morgan fingerprint density at radius 3 is 2.42 bits per heavy atom. The van der Waals surface area contributed by atoms with Crippen LogP contribution >= 0.6 is 24.0 Å². The molecule has 2 aromatic rings. The number of nitrogens with two attached hydrogens (primary N) is 1. The molecule has 0 radical (unpaired) electrons. The van der Waals surface area contributed by atoms with Crippen molar-refractivity contribution in [3.63, 3.8) is 0 Å². The molecule has 9 heteroatoms. The maximum absolute atomic E-state index is 12.6. The highest BCUT2D eigenvalue weighted by atomic mass is 127. The number of benzene rings is 2. The largest absolute Gasteiger partial charge is 0.497 e. The predicted molar refractivity (Wildman–Crippen MR) is 105 cm³/mol. The van der Waals surface area contributed by atoms with E-state index >= 15 is 0 Å². The summed E-state index contributed by atoms with van der Waals surface area (Å²) in [6.45, 7) is 0.303. The van der Waals surface area contributed by atoms with Gasteiger partial charge < -0.3 is 20.5 Å². The number of hydrogen-bond acceptors (Lipinski definition) is 3. The highest BCUT2D eigenvalue weighted by Crippen LogP contribution is 2.31. The lowest BCUT2D eigenvalue weighted by molar-refractivity contribution is -0.137. The van der Waals surface area contributed by atoms with Crippen molar-refractivity contribution in [2.45, 2.75) is 6.18 Å². The summed E-state index contributed by atoms with van der Waals surface area (Å²) in [7, 11) is 1.57. The standard InChI is InChI=1S/C17H18F3N3O2.HI/c1-24-14-7-5-13(6-8-14)23-16(21)22-9-10-25-15-4-2-3-12(11-15)17(18,19)20;/h2-8,11H,9-10H2,1H3,(H3,21,22,23);1H. The van der Waals surface area contributed by atoms with Gasteiger partial charge in [0.2, 0.25) is 0 Å². The number of aliphatic imine (C=N–C) groups is 1. The number of anilines is 1. The van der Waals surface area contributed by atoms with E-state index in [1.807, 2.05) is 0 Å². The van der Waals surface area contributed by atoms with Crippen molar-refractivity contribution in [2.24, 2.45) is 10.7 Å². The second-order valence-corrected chi connectivity index (χ2v) is 4.99. The molecule has 0 aliphatic heterocycles. The first-order valence-corrected chi connectivity index (χ1v) is 7.39. The van der Waals surface area contributed by atoms with Gasteiger partial charge in [0.25, 0.3) is 0 Å². The van der Waals surface area contributed by atoms with Crippen LogP contribution in [0.25, 0.3) is 0 Å². The molecular formula is C17H19F3IN3O2. The molecule has 2 aromatic carbocycles. The van der Waals surface area contributed by atoms with Crippen LogP contribution in [0, 0.1) is 0 Å². The predicted octanol–water partition coefficient (Wildman–Crippen LogP) is 4.14. The second-order valence-electron chi connectivity index (χ2n) is 4.99. The number of alkyl halides is 3. The lowest BCUT2D eigenvalue weighted by Crippen LogP contribution is -2.23. The quantitative estimate of drug-likeness (QED) is 0.282. The molecule has 0 saturated heterocycles. The second kappa shape index (κ2) is 10.1. The van der Waals surface area contributed by atoms with Crippen LogP contribution in [0.15, 0.2) is 53.5 Å². The van der Waals surface area contributed by atoms with E-state index in [-0.39, 0.29) is 48.8 Å². The average Bonchev–Trinajstić information content (AvgIpc) is 2.59. The lowest BCUT2D eigenvalue weighted by atomic mass is 10.2. The molecule has 142 valence electrons. The lowest BCUT2D eigenvalue weighted by Gasteiger charge is -2.10. The third-order valence-corrected chi connectivity index (χ3v) is 3.17. The van der Waals surface area contributed by atoms with Crippen molar-refractivity contribution >= 4 is 35.6 Å². The van der Waals surface area contributed by atoms with Crippen LogP contribution in [-0.2, 0) is 6.18 Å². The van der Waals surface area contributed by atoms with Crippen molar-refractivity contribution in [2.75, 3.05) is 25.6 Å². The summed E-state index contributed by atoms with van der Waals surface area (Å²) in [4.78, 5) is 4.05. The van der Waals surface area contributed by atoms with Gasteiger partial charge in [0.05, 0.1) is 19.2 Å². The van der Waals surface area contributed by atoms with Gasteiger partial charge in [0.15, 0.2) is 5.96 Å². The van der Waals surface area contributed by atoms with Gasteiger partial charge in [-0.15, -0.1) is 24.0 Å². The zero-order valence-electron chi connectivity index (χ0n) is 13.9. The molecule has 3 N–H and O–H groups in total. The maximum Gasteiger partial charge on any atom is 0.416 e. The van der Waals surface area contributed by atoms with E-state index in [1.54, 1.807) is 31.4 Å². The molecule has 0 saturated carbocycles. The Bertz CT molecular complexity index is 722. The van der Waals surface area contributed by atoms with Crippen LogP contribution in [0.5, 0.6) is 11.5 Å². The van der Waals surface area contributed by atoms with Crippen LogP contribution in [-0.4, -0.2) is 26.2 Å². The van der Waals surface area contributed by atoms with Crippen LogP contribution in [0.3, 0.4) is 0 Å². The SMILES string of the molecule is COc1ccc(NC(N)=NCCOc2cccc(C(F)(F)F)c2)cc1.I. The van der Waals surface area contributed by atoms with E-state index < -0.39 is 11.7 Å². The number of halogens is 4. The first-order valence-electron chi connectivity index (χ1n) is 7.39. The molecule has 0 aromatic heterocycles. The first-order chi connectivity index (χ1) is 11.9. The van der Waals surface area contributed by atoms with Crippen molar-refractivity contribution < 1.29 is 22.6 Å². The highest BCUT2D eigenvalue weighted by molar-refractivity contribution is 14.0. The Balaban J connectivity index is 0.00000338. The zero-order valence-corrected chi connectivity index (χ0v) is 16.2. The molecular weight excluding hydrogens is 462 g/mol. The van der Waals surface area contributed by atoms with Crippen LogP contribution < -0.4 is 20.5 Å². The number of hydrogen-bond donors (Lipinski definition) is 2. The van der Waals surface area contributed by atoms with Gasteiger partial charge in [0.1, 0.15) is 18.1 Å². The van der Waals surface area contributed by atoms with Crippen molar-refractivity contribution in [3.05, 3.63) is 54.1 Å². The monoisotopic (exact) mass is 481 g/mol. The Labute approximate surface area is 166 Å². The van der Waals surface area contributed by atoms with E-state index in [1.165, 1.54) is 12.1 Å². The fourth-order valence-corrected chi connectivity index (χ4v) is 1.95. The number of nitrogens with one attached hydrogen (secondary N) is 1. The normalized spacial score (nSPS) is 11.5. The Kier molecular flexibility index (Phi) is 8.49. The average molecular weight is 481 g/mol. The minimum atomic E-state index is -4.40. The summed E-state index contributed by atoms with van der Waals surface area (Å²) in [5, 5.41) is 2.89. The van der Waals surface area contributed by atoms with Gasteiger partial charge in [-0.05, 0) is 42.5 Å². The number of guanidine groups is 1. The smallest absolute Gasteiger partial charge is 0.416 e. The molecule has 5 nitrogen and oxygen atoms in total. The highest BCUT2D eigenvalue weighted by Gasteiger charge is 2.30. The van der Waals surface area contributed by atoms with Gasteiger partial charge in [-0.3, -0.25) is 0 Å². The number of rotatable bonds is 6. The summed E-state index contributed by atoms with van der Waals surface area (Å²) in [5.41, 5.74) is 5.72. The fourth-order valence-electron chi connectivity index (χ4n) is 1.95. The third kappa shape index (κ3) is 6.98. The molecule has 0 heterocycles. The topological polar surface area (TPSA) is 68.9 Å². The number of ether oxygens (including phenoxy) is 2. The first kappa shape index (κ1) is 21.9. The van der Waals surface area contributed by atoms with Gasteiger partial charge >= 0.3 is 6.18 Å². The van der Waals surface area contributed by atoms with Gasteiger partial charge in [0, 0.05) is 5.69 Å². The van der Waals surface area contributed by atoms with E-state index in [0.29, 0.717) is 0 Å². The molecule has 0 amide bonds. The van der Waals surface area contributed by atoms with Crippen molar-refractivity contribution in [1.29, 1.82) is 0 Å². The molecule has 0 aliphatic carbocycles. The van der Waals surface area contributed by atoms with E-state index in [9.17, 15) is 13.2 Å². The van der Waals surface area contributed by atoms with Crippen LogP contribution in [0.1, 0.15) is 5.56 Å². The summed E-state index contributed by atoms with van der Waals surface area (Å²) in [6.07, 6.45) is -4.40. The van der Waals surface area contributed by atoms with Gasteiger partial charge in [-0.25, -0.2) is 4.99 Å². The Morgan fingerprint density at radius 2 is 1.81 bits per heavy atom. The van der Waals surface area contributed by atoms with E-state index in [4.69, 9.17) is 15.2 Å². The zero-order chi connectivity index (χ0) is 18.3. The molecule has 0 fully saturated rings. The summed E-state index contributed by atoms with van der Waals surface area (Å²) < 4.78 is 48.1. The summed E-state index contributed by atoms with van der Waals surface area (Å²) >= 11 is 0. The van der Waals surface area contributed by atoms with E-state index in [0.717, 1.165) is 23.6 Å². The van der Waals surface area contributed by atoms with Gasteiger partial charge in [-0.1, -0.05) is 6.07 Å². The Hall–Kier alpha value is -2.17. The fraction of sp³-hybridized carbons (Fsp3) is 0.235.